The van der Waals surface area contributed by atoms with Gasteiger partial charge < -0.3 is 15.2 Å². The molecule has 2 fully saturated rings. The maximum absolute atomic E-state index is 4.70. The van der Waals surface area contributed by atoms with Crippen LogP contribution in [0.4, 0.5) is 0 Å². The molecule has 1 saturated carbocycles. The van der Waals surface area contributed by atoms with Crippen LogP contribution in [0.5, 0.6) is 0 Å². The van der Waals surface area contributed by atoms with Gasteiger partial charge in [0, 0.05) is 38.8 Å². The molecule has 1 atom stereocenters. The van der Waals surface area contributed by atoms with Crippen molar-refractivity contribution in [3.63, 3.8) is 0 Å². The first-order valence-electron chi connectivity index (χ1n) is 9.31. The zero-order chi connectivity index (χ0) is 16.9. The van der Waals surface area contributed by atoms with Gasteiger partial charge in [-0.15, -0.1) is 10.2 Å². The van der Waals surface area contributed by atoms with E-state index in [1.807, 2.05) is 18.5 Å². The first-order valence-corrected chi connectivity index (χ1v) is 9.31. The van der Waals surface area contributed by atoms with E-state index in [4.69, 9.17) is 4.99 Å². The van der Waals surface area contributed by atoms with Crippen molar-refractivity contribution in [2.24, 2.45) is 12.0 Å². The van der Waals surface area contributed by atoms with Crippen LogP contribution in [-0.4, -0.2) is 57.3 Å². The monoisotopic (exact) mass is 333 g/mol. The molecule has 3 rings (SSSR count). The predicted molar refractivity (Wildman–Crippen MR) is 95.9 cm³/mol. The molecular weight excluding hydrogens is 302 g/mol. The molecule has 0 radical (unpaired) electrons. The third-order valence-corrected chi connectivity index (χ3v) is 5.31. The summed E-state index contributed by atoms with van der Waals surface area (Å²) in [6.07, 6.45) is 6.77. The van der Waals surface area contributed by atoms with Crippen molar-refractivity contribution in [1.82, 2.24) is 30.3 Å². The van der Waals surface area contributed by atoms with E-state index in [2.05, 4.69) is 32.7 Å². The number of nitrogens with zero attached hydrogens (tertiary/aromatic N) is 5. The molecule has 2 aliphatic rings. The molecule has 1 aliphatic heterocycles. The van der Waals surface area contributed by atoms with Crippen LogP contribution >= 0.6 is 0 Å². The van der Waals surface area contributed by atoms with Gasteiger partial charge in [-0.1, -0.05) is 12.8 Å². The second-order valence-corrected chi connectivity index (χ2v) is 6.98. The van der Waals surface area contributed by atoms with Gasteiger partial charge in [0.2, 0.25) is 0 Å². The highest BCUT2D eigenvalue weighted by atomic mass is 15.3. The van der Waals surface area contributed by atoms with Crippen molar-refractivity contribution in [2.45, 2.75) is 64.6 Å². The van der Waals surface area contributed by atoms with Gasteiger partial charge in [-0.3, -0.25) is 4.90 Å². The molecular formula is C17H31N7. The molecule has 1 aromatic rings. The minimum absolute atomic E-state index is 0.490. The SMILES string of the molecule is CCNC(=NCc1nnc(C)n1C)NC1CCN(C2CCCC2)C1. The molecule has 0 bridgehead atoms. The van der Waals surface area contributed by atoms with E-state index in [0.717, 1.165) is 36.7 Å². The fourth-order valence-electron chi connectivity index (χ4n) is 3.76. The third-order valence-electron chi connectivity index (χ3n) is 5.31. The summed E-state index contributed by atoms with van der Waals surface area (Å²) in [6.45, 7) is 7.82. The predicted octanol–water partition coefficient (Wildman–Crippen LogP) is 1.20. The normalized spacial score (nSPS) is 23.1. The number of rotatable bonds is 5. The van der Waals surface area contributed by atoms with Crippen LogP contribution in [0.15, 0.2) is 4.99 Å². The molecule has 24 heavy (non-hydrogen) atoms. The number of hydrogen-bond donors (Lipinski definition) is 2. The zero-order valence-corrected chi connectivity index (χ0v) is 15.3. The van der Waals surface area contributed by atoms with Gasteiger partial charge in [-0.25, -0.2) is 4.99 Å². The van der Waals surface area contributed by atoms with Crippen LogP contribution in [-0.2, 0) is 13.6 Å². The Hall–Kier alpha value is -1.63. The van der Waals surface area contributed by atoms with Crippen LogP contribution in [0, 0.1) is 6.92 Å². The largest absolute Gasteiger partial charge is 0.357 e. The molecule has 1 aromatic heterocycles. The van der Waals surface area contributed by atoms with Crippen LogP contribution in [0.1, 0.15) is 50.7 Å². The minimum atomic E-state index is 0.490. The molecule has 134 valence electrons. The molecule has 2 heterocycles. The van der Waals surface area contributed by atoms with Gasteiger partial charge in [0.25, 0.3) is 0 Å². The second-order valence-electron chi connectivity index (χ2n) is 6.98. The molecule has 7 nitrogen and oxygen atoms in total. The van der Waals surface area contributed by atoms with E-state index in [1.54, 1.807) is 0 Å². The Bertz CT molecular complexity index is 559. The Kier molecular flexibility index (Phi) is 5.71. The van der Waals surface area contributed by atoms with Gasteiger partial charge in [0.1, 0.15) is 12.4 Å². The van der Waals surface area contributed by atoms with Crippen molar-refractivity contribution >= 4 is 5.96 Å². The summed E-state index contributed by atoms with van der Waals surface area (Å²) < 4.78 is 1.99. The van der Waals surface area contributed by atoms with Crippen LogP contribution in [0.25, 0.3) is 0 Å². The minimum Gasteiger partial charge on any atom is -0.357 e. The van der Waals surface area contributed by atoms with Crippen molar-refractivity contribution in [2.75, 3.05) is 19.6 Å². The number of hydrogen-bond acceptors (Lipinski definition) is 4. The van der Waals surface area contributed by atoms with Gasteiger partial charge >= 0.3 is 0 Å². The molecule has 1 unspecified atom stereocenters. The number of aryl methyl sites for hydroxylation is 1. The summed E-state index contributed by atoms with van der Waals surface area (Å²) in [7, 11) is 1.98. The second kappa shape index (κ2) is 7.96. The summed E-state index contributed by atoms with van der Waals surface area (Å²) in [6, 6.07) is 1.31. The average molecular weight is 333 g/mol. The summed E-state index contributed by atoms with van der Waals surface area (Å²) in [5, 5.41) is 15.2. The van der Waals surface area contributed by atoms with Gasteiger partial charge in [0.15, 0.2) is 11.8 Å². The fourth-order valence-corrected chi connectivity index (χ4v) is 3.76. The highest BCUT2D eigenvalue weighted by Crippen LogP contribution is 2.26. The number of nitrogens with one attached hydrogen (secondary N) is 2. The Morgan fingerprint density at radius 3 is 2.71 bits per heavy atom. The molecule has 0 spiro atoms. The first kappa shape index (κ1) is 17.2. The first-order chi connectivity index (χ1) is 11.7. The molecule has 0 amide bonds. The quantitative estimate of drug-likeness (QED) is 0.626. The summed E-state index contributed by atoms with van der Waals surface area (Å²) in [4.78, 5) is 7.36. The highest BCUT2D eigenvalue weighted by Gasteiger charge is 2.30. The van der Waals surface area contributed by atoms with E-state index < -0.39 is 0 Å². The molecule has 1 saturated heterocycles. The van der Waals surface area contributed by atoms with Gasteiger partial charge in [-0.05, 0) is 33.1 Å². The lowest BCUT2D eigenvalue weighted by Crippen LogP contribution is -2.45. The van der Waals surface area contributed by atoms with E-state index in [-0.39, 0.29) is 0 Å². The van der Waals surface area contributed by atoms with Crippen LogP contribution < -0.4 is 10.6 Å². The third kappa shape index (κ3) is 4.06. The Labute approximate surface area is 144 Å². The lowest BCUT2D eigenvalue weighted by atomic mass is 10.2. The lowest BCUT2D eigenvalue weighted by molar-refractivity contribution is 0.242. The van der Waals surface area contributed by atoms with Crippen LogP contribution in [0.2, 0.25) is 0 Å². The Morgan fingerprint density at radius 2 is 2.04 bits per heavy atom. The molecule has 2 N–H and O–H groups in total. The Morgan fingerprint density at radius 1 is 1.25 bits per heavy atom. The van der Waals surface area contributed by atoms with E-state index in [9.17, 15) is 0 Å². The Balaban J connectivity index is 1.55. The van der Waals surface area contributed by atoms with Gasteiger partial charge in [0.05, 0.1) is 0 Å². The average Bonchev–Trinajstić information content (AvgIpc) is 3.29. The maximum atomic E-state index is 4.70. The smallest absolute Gasteiger partial charge is 0.191 e. The standard InChI is InChI=1S/C17H31N7/c1-4-18-17(19-11-16-22-21-13(2)23(16)3)20-14-9-10-24(12-14)15-7-5-6-8-15/h14-15H,4-12H2,1-3H3,(H2,18,19,20). The van der Waals surface area contributed by atoms with E-state index in [0.29, 0.717) is 12.6 Å². The van der Waals surface area contributed by atoms with E-state index >= 15 is 0 Å². The van der Waals surface area contributed by atoms with Crippen LogP contribution in [0.3, 0.4) is 0 Å². The topological polar surface area (TPSA) is 70.4 Å². The summed E-state index contributed by atoms with van der Waals surface area (Å²) in [5.74, 6) is 2.70. The number of guanidine groups is 1. The number of aliphatic imine (C=N–C) groups is 1. The van der Waals surface area contributed by atoms with Crippen molar-refractivity contribution < 1.29 is 0 Å². The molecule has 7 heteroatoms. The summed E-state index contributed by atoms with van der Waals surface area (Å²) in [5.41, 5.74) is 0. The van der Waals surface area contributed by atoms with Crippen molar-refractivity contribution in [3.05, 3.63) is 11.6 Å². The lowest BCUT2D eigenvalue weighted by Gasteiger charge is -2.24. The molecule has 1 aliphatic carbocycles. The van der Waals surface area contributed by atoms with E-state index in [1.165, 1.54) is 38.6 Å². The number of likely N-dealkylation sites (tertiary alicyclic amines) is 1. The van der Waals surface area contributed by atoms with Crippen molar-refractivity contribution in [1.29, 1.82) is 0 Å². The molecule has 0 aromatic carbocycles. The highest BCUT2D eigenvalue weighted by molar-refractivity contribution is 5.80. The van der Waals surface area contributed by atoms with Crippen molar-refractivity contribution in [3.8, 4) is 0 Å². The van der Waals surface area contributed by atoms with Gasteiger partial charge in [-0.2, -0.15) is 0 Å². The number of aromatic nitrogens is 3. The maximum Gasteiger partial charge on any atom is 0.191 e. The fraction of sp³-hybridized carbons (Fsp3) is 0.824. The zero-order valence-electron chi connectivity index (χ0n) is 15.3. The summed E-state index contributed by atoms with van der Waals surface area (Å²) >= 11 is 0.